The van der Waals surface area contributed by atoms with E-state index >= 15 is 0 Å². The summed E-state index contributed by atoms with van der Waals surface area (Å²) >= 11 is 1.37. The molecule has 2 aromatic heterocycles. The van der Waals surface area contributed by atoms with Crippen LogP contribution in [0.5, 0.6) is 11.5 Å². The lowest BCUT2D eigenvalue weighted by Gasteiger charge is -2.31. The van der Waals surface area contributed by atoms with E-state index < -0.39 is 5.79 Å². The third kappa shape index (κ3) is 4.71. The minimum atomic E-state index is -0.524. The van der Waals surface area contributed by atoms with E-state index in [1.807, 2.05) is 34.9 Å². The van der Waals surface area contributed by atoms with Gasteiger partial charge in [-0.15, -0.1) is 10.2 Å². The first-order valence-corrected chi connectivity index (χ1v) is 13.3. The maximum Gasteiger partial charge on any atom is 0.251 e. The second-order valence-electron chi connectivity index (χ2n) is 9.32. The van der Waals surface area contributed by atoms with Crippen LogP contribution in [-0.4, -0.2) is 45.3 Å². The minimum absolute atomic E-state index is 0.114. The molecule has 184 valence electrons. The van der Waals surface area contributed by atoms with E-state index in [2.05, 4.69) is 20.4 Å². The number of anilines is 2. The van der Waals surface area contributed by atoms with Crippen molar-refractivity contribution in [1.29, 1.82) is 0 Å². The Kier molecular flexibility index (Phi) is 6.05. The van der Waals surface area contributed by atoms with Gasteiger partial charge in [0.1, 0.15) is 5.76 Å². The highest BCUT2D eigenvalue weighted by Gasteiger charge is 2.42. The Morgan fingerprint density at radius 3 is 2.66 bits per heavy atom. The Hall–Kier alpha value is -3.14. The van der Waals surface area contributed by atoms with Gasteiger partial charge in [0.15, 0.2) is 16.7 Å². The van der Waals surface area contributed by atoms with Crippen molar-refractivity contribution in [3.63, 3.8) is 0 Å². The fraction of sp³-hybridized carbons (Fsp3) is 0.480. The van der Waals surface area contributed by atoms with Crippen LogP contribution in [0.1, 0.15) is 50.7 Å². The predicted molar refractivity (Wildman–Crippen MR) is 132 cm³/mol. The lowest BCUT2D eigenvalue weighted by molar-refractivity contribution is -0.113. The fourth-order valence-corrected chi connectivity index (χ4v) is 5.76. The number of rotatable bonds is 7. The molecule has 1 amide bonds. The van der Waals surface area contributed by atoms with Crippen molar-refractivity contribution in [1.82, 2.24) is 14.8 Å². The molecule has 4 heterocycles. The van der Waals surface area contributed by atoms with Gasteiger partial charge in [0.25, 0.3) is 5.79 Å². The topological polar surface area (TPSA) is 94.7 Å². The molecule has 0 unspecified atom stereocenters. The molecule has 1 saturated heterocycles. The molecule has 1 aliphatic carbocycles. The molecule has 9 nitrogen and oxygen atoms in total. The largest absolute Gasteiger partial charge is 0.467 e. The summed E-state index contributed by atoms with van der Waals surface area (Å²) in [5, 5.41) is 12.5. The van der Waals surface area contributed by atoms with Crippen molar-refractivity contribution >= 4 is 29.3 Å². The molecule has 3 aromatic rings. The van der Waals surface area contributed by atoms with Crippen LogP contribution in [0.3, 0.4) is 0 Å². The quantitative estimate of drug-likeness (QED) is 0.472. The van der Waals surface area contributed by atoms with Crippen LogP contribution in [0.15, 0.2) is 46.2 Å². The van der Waals surface area contributed by atoms with Gasteiger partial charge in [-0.3, -0.25) is 9.36 Å². The molecule has 2 aliphatic heterocycles. The average Bonchev–Trinajstić information content (AvgIpc) is 3.66. The van der Waals surface area contributed by atoms with E-state index in [1.54, 1.807) is 6.26 Å². The zero-order valence-electron chi connectivity index (χ0n) is 19.6. The normalized spacial score (nSPS) is 18.3. The molecule has 1 aromatic carbocycles. The van der Waals surface area contributed by atoms with Crippen molar-refractivity contribution in [2.45, 2.75) is 62.4 Å². The lowest BCUT2D eigenvalue weighted by atomic mass is 9.94. The van der Waals surface area contributed by atoms with E-state index in [4.69, 9.17) is 13.9 Å². The Labute approximate surface area is 208 Å². The number of carbonyl (C=O) groups excluding carboxylic acids is 1. The van der Waals surface area contributed by atoms with Gasteiger partial charge < -0.3 is 24.1 Å². The lowest BCUT2D eigenvalue weighted by Crippen LogP contribution is -2.40. The molecule has 6 rings (SSSR count). The molecular weight excluding hydrogens is 466 g/mol. The number of amides is 1. The van der Waals surface area contributed by atoms with Crippen molar-refractivity contribution in [3.05, 3.63) is 42.4 Å². The van der Waals surface area contributed by atoms with Crippen molar-refractivity contribution < 1.29 is 18.7 Å². The number of nitrogens with zero attached hydrogens (tertiary/aromatic N) is 4. The molecule has 2 fully saturated rings. The highest BCUT2D eigenvalue weighted by molar-refractivity contribution is 7.99. The molecule has 1 saturated carbocycles. The summed E-state index contributed by atoms with van der Waals surface area (Å²) in [5.74, 6) is 2.68. The smallest absolute Gasteiger partial charge is 0.251 e. The fourth-order valence-electron chi connectivity index (χ4n) is 5.03. The molecular formula is C25H29N5O4S. The Morgan fingerprint density at radius 2 is 1.86 bits per heavy atom. The van der Waals surface area contributed by atoms with Crippen LogP contribution in [0.25, 0.3) is 0 Å². The highest BCUT2D eigenvalue weighted by atomic mass is 32.2. The van der Waals surface area contributed by atoms with Gasteiger partial charge in [0.05, 0.1) is 18.6 Å². The van der Waals surface area contributed by atoms with Crippen LogP contribution < -0.4 is 19.7 Å². The van der Waals surface area contributed by atoms with Gasteiger partial charge in [-0.05, 0) is 49.9 Å². The van der Waals surface area contributed by atoms with Crippen molar-refractivity contribution in [3.8, 4) is 11.5 Å². The summed E-state index contributed by atoms with van der Waals surface area (Å²) in [5.41, 5.74) is 0.695. The molecule has 3 aliphatic rings. The number of carbonyl (C=O) groups is 1. The van der Waals surface area contributed by atoms with E-state index in [0.29, 0.717) is 23.1 Å². The van der Waals surface area contributed by atoms with Crippen LogP contribution >= 0.6 is 11.8 Å². The SMILES string of the molecule is O=C(CSc1nnc(N2CCCC2)n1Cc1ccco1)Nc1ccc2c(c1)OC1(CCCCC1)O2. The zero-order chi connectivity index (χ0) is 23.7. The molecule has 10 heteroatoms. The number of thioether (sulfide) groups is 1. The number of hydrogen-bond acceptors (Lipinski definition) is 8. The van der Waals surface area contributed by atoms with Gasteiger partial charge in [-0.2, -0.15) is 0 Å². The summed E-state index contributed by atoms with van der Waals surface area (Å²) in [6, 6.07) is 9.40. The third-order valence-electron chi connectivity index (χ3n) is 6.75. The van der Waals surface area contributed by atoms with Gasteiger partial charge >= 0.3 is 0 Å². The van der Waals surface area contributed by atoms with Gasteiger partial charge in [-0.25, -0.2) is 0 Å². The van der Waals surface area contributed by atoms with Crippen LogP contribution in [0, 0.1) is 0 Å². The van der Waals surface area contributed by atoms with Crippen LogP contribution in [0.2, 0.25) is 0 Å². The van der Waals surface area contributed by atoms with Gasteiger partial charge in [0, 0.05) is 37.7 Å². The number of ether oxygens (including phenoxy) is 2. The van der Waals surface area contributed by atoms with Crippen LogP contribution in [-0.2, 0) is 11.3 Å². The van der Waals surface area contributed by atoms with Crippen molar-refractivity contribution in [2.75, 3.05) is 29.1 Å². The summed E-state index contributed by atoms with van der Waals surface area (Å²) in [6.45, 7) is 2.46. The number of hydrogen-bond donors (Lipinski definition) is 1. The summed E-state index contributed by atoms with van der Waals surface area (Å²) < 4.78 is 19.9. The monoisotopic (exact) mass is 495 g/mol. The summed E-state index contributed by atoms with van der Waals surface area (Å²) in [4.78, 5) is 15.0. The summed E-state index contributed by atoms with van der Waals surface area (Å²) in [7, 11) is 0. The molecule has 35 heavy (non-hydrogen) atoms. The minimum Gasteiger partial charge on any atom is -0.467 e. The van der Waals surface area contributed by atoms with E-state index in [9.17, 15) is 4.79 Å². The molecule has 1 spiro atoms. The number of nitrogens with one attached hydrogen (secondary N) is 1. The third-order valence-corrected chi connectivity index (χ3v) is 7.71. The molecule has 1 N–H and O–H groups in total. The van der Waals surface area contributed by atoms with E-state index in [1.165, 1.54) is 18.2 Å². The van der Waals surface area contributed by atoms with Crippen molar-refractivity contribution in [2.24, 2.45) is 0 Å². The number of aromatic nitrogens is 3. The van der Waals surface area contributed by atoms with E-state index in [0.717, 1.165) is 69.1 Å². The Morgan fingerprint density at radius 1 is 1.03 bits per heavy atom. The highest BCUT2D eigenvalue weighted by Crippen LogP contribution is 2.46. The average molecular weight is 496 g/mol. The molecule has 0 radical (unpaired) electrons. The summed E-state index contributed by atoms with van der Waals surface area (Å²) in [6.07, 6.45) is 9.20. The van der Waals surface area contributed by atoms with Gasteiger partial charge in [0.2, 0.25) is 11.9 Å². The first-order valence-electron chi connectivity index (χ1n) is 12.3. The molecule has 0 bridgehead atoms. The Balaban J connectivity index is 1.11. The van der Waals surface area contributed by atoms with Gasteiger partial charge in [-0.1, -0.05) is 18.2 Å². The van der Waals surface area contributed by atoms with E-state index in [-0.39, 0.29) is 11.7 Å². The zero-order valence-corrected chi connectivity index (χ0v) is 20.4. The number of fused-ring (bicyclic) bond motifs is 1. The number of benzene rings is 1. The second-order valence-corrected chi connectivity index (χ2v) is 10.3. The second kappa shape index (κ2) is 9.49. The maximum absolute atomic E-state index is 12.8. The predicted octanol–water partition coefficient (Wildman–Crippen LogP) is 4.68. The maximum atomic E-state index is 12.8. The Bertz CT molecular complexity index is 1180. The molecule has 0 atom stereocenters. The first kappa shape index (κ1) is 22.3. The van der Waals surface area contributed by atoms with Crippen LogP contribution in [0.4, 0.5) is 11.6 Å². The first-order chi connectivity index (χ1) is 17.2. The number of furan rings is 1. The standard InChI is InChI=1S/C25H29N5O4S/c31-22(26-18-8-9-20-21(15-18)34-25(33-20)10-2-1-3-11-25)17-35-24-28-27-23(29-12-4-5-13-29)30(24)16-19-7-6-14-32-19/h6-9,14-15H,1-5,10-13,16-17H2,(H,26,31).